The normalized spacial score (nSPS) is 11.9. The molecular formula is C13H20F2N2O3S. The summed E-state index contributed by atoms with van der Waals surface area (Å²) in [6.45, 7) is 2.31. The molecule has 0 fully saturated rings. The zero-order valence-corrected chi connectivity index (χ0v) is 12.9. The first-order chi connectivity index (χ1) is 9.91. The minimum atomic E-state index is -4.61. The van der Waals surface area contributed by atoms with Crippen LogP contribution in [0.3, 0.4) is 0 Å². The highest BCUT2D eigenvalue weighted by atomic mass is 32.2. The van der Waals surface area contributed by atoms with Gasteiger partial charge in [-0.2, -0.15) is 8.78 Å². The average Bonchev–Trinajstić information content (AvgIpc) is 2.46. The molecule has 0 aliphatic carbocycles. The third-order valence-corrected chi connectivity index (χ3v) is 4.35. The molecule has 0 heterocycles. The molecule has 0 unspecified atom stereocenters. The number of halogens is 2. The van der Waals surface area contributed by atoms with Crippen molar-refractivity contribution in [3.8, 4) is 0 Å². The quantitative estimate of drug-likeness (QED) is 0.696. The molecule has 8 heteroatoms. The molecule has 5 nitrogen and oxygen atoms in total. The van der Waals surface area contributed by atoms with Crippen LogP contribution in [-0.2, 0) is 14.6 Å². The third kappa shape index (κ3) is 4.90. The van der Waals surface area contributed by atoms with Gasteiger partial charge in [-0.3, -0.25) is 0 Å². The van der Waals surface area contributed by atoms with Crippen molar-refractivity contribution in [3.05, 3.63) is 24.3 Å². The van der Waals surface area contributed by atoms with Crippen LogP contribution in [0.25, 0.3) is 0 Å². The lowest BCUT2D eigenvalue weighted by atomic mass is 10.3. The number of para-hydroxylation sites is 1. The van der Waals surface area contributed by atoms with Crippen molar-refractivity contribution in [2.75, 3.05) is 45.3 Å². The highest BCUT2D eigenvalue weighted by molar-refractivity contribution is 7.91. The minimum absolute atomic E-state index is 0.270. The van der Waals surface area contributed by atoms with Gasteiger partial charge in [-0.15, -0.1) is 0 Å². The lowest BCUT2D eigenvalue weighted by Crippen LogP contribution is -2.31. The number of methoxy groups -OCH3 is 1. The van der Waals surface area contributed by atoms with E-state index in [1.54, 1.807) is 25.1 Å². The van der Waals surface area contributed by atoms with E-state index in [0.717, 1.165) is 0 Å². The molecule has 1 rings (SSSR count). The number of sulfone groups is 1. The minimum Gasteiger partial charge on any atom is -0.383 e. The Balaban J connectivity index is 2.79. The van der Waals surface area contributed by atoms with Crippen molar-refractivity contribution >= 4 is 15.5 Å². The Kier molecular flexibility index (Phi) is 7.00. The maximum Gasteiger partial charge on any atom is 0.341 e. The number of alkyl halides is 2. The summed E-state index contributed by atoms with van der Waals surface area (Å²) < 4.78 is 53.6. The van der Waals surface area contributed by atoms with Gasteiger partial charge < -0.3 is 15.0 Å². The topological polar surface area (TPSA) is 58.6 Å². The van der Waals surface area contributed by atoms with Gasteiger partial charge in [-0.05, 0) is 12.1 Å². The van der Waals surface area contributed by atoms with Gasteiger partial charge >= 0.3 is 5.76 Å². The monoisotopic (exact) mass is 322 g/mol. The number of rotatable bonds is 9. The SMILES string of the molecule is COCCNCCN(C)c1ccccc1S(=O)(=O)C(F)F. The Bertz CT molecular complexity index is 538. The predicted molar refractivity (Wildman–Crippen MR) is 77.6 cm³/mol. The third-order valence-electron chi connectivity index (χ3n) is 2.92. The summed E-state index contributed by atoms with van der Waals surface area (Å²) in [5.74, 6) is -3.42. The second-order valence-corrected chi connectivity index (χ2v) is 6.32. The highest BCUT2D eigenvalue weighted by Gasteiger charge is 2.29. The summed E-state index contributed by atoms with van der Waals surface area (Å²) >= 11 is 0. The Morgan fingerprint density at radius 3 is 2.57 bits per heavy atom. The lowest BCUT2D eigenvalue weighted by molar-refractivity contribution is 0.200. The molecule has 1 N–H and O–H groups in total. The fraction of sp³-hybridized carbons (Fsp3) is 0.538. The molecule has 0 saturated carbocycles. The van der Waals surface area contributed by atoms with E-state index < -0.39 is 15.6 Å². The predicted octanol–water partition coefficient (Wildman–Crippen LogP) is 1.36. The number of benzene rings is 1. The van der Waals surface area contributed by atoms with E-state index in [9.17, 15) is 17.2 Å². The van der Waals surface area contributed by atoms with E-state index >= 15 is 0 Å². The molecule has 0 bridgehead atoms. The molecule has 1 aromatic rings. The Labute approximate surface area is 123 Å². The first-order valence-electron chi connectivity index (χ1n) is 6.43. The van der Waals surface area contributed by atoms with Gasteiger partial charge in [0.25, 0.3) is 0 Å². The van der Waals surface area contributed by atoms with E-state index in [1.807, 2.05) is 0 Å². The largest absolute Gasteiger partial charge is 0.383 e. The molecule has 0 saturated heterocycles. The van der Waals surface area contributed by atoms with Crippen LogP contribution in [0.2, 0.25) is 0 Å². The molecule has 0 spiro atoms. The molecule has 0 aliphatic heterocycles. The van der Waals surface area contributed by atoms with Crippen molar-refractivity contribution in [1.29, 1.82) is 0 Å². The van der Waals surface area contributed by atoms with Crippen LogP contribution in [0.1, 0.15) is 0 Å². The van der Waals surface area contributed by atoms with Crippen molar-refractivity contribution in [1.82, 2.24) is 5.32 Å². The summed E-state index contributed by atoms with van der Waals surface area (Å²) in [4.78, 5) is 1.29. The van der Waals surface area contributed by atoms with E-state index in [-0.39, 0.29) is 10.6 Å². The van der Waals surface area contributed by atoms with Gasteiger partial charge in [0.05, 0.1) is 17.2 Å². The fourth-order valence-corrected chi connectivity index (χ4v) is 2.75. The van der Waals surface area contributed by atoms with Gasteiger partial charge in [-0.1, -0.05) is 12.1 Å². The van der Waals surface area contributed by atoms with Crippen LogP contribution in [0.4, 0.5) is 14.5 Å². The molecular weight excluding hydrogens is 302 g/mol. The molecule has 0 atom stereocenters. The van der Waals surface area contributed by atoms with Crippen molar-refractivity contribution in [2.24, 2.45) is 0 Å². The standard InChI is InChI=1S/C13H20F2N2O3S/c1-17(9-7-16-8-10-20-2)11-5-3-4-6-12(11)21(18,19)13(14)15/h3-6,13,16H,7-10H2,1-2H3. The Morgan fingerprint density at radius 1 is 1.29 bits per heavy atom. The number of likely N-dealkylation sites (N-methyl/N-ethyl adjacent to an activating group) is 1. The van der Waals surface area contributed by atoms with E-state index in [4.69, 9.17) is 4.74 Å². The Morgan fingerprint density at radius 2 is 1.95 bits per heavy atom. The smallest absolute Gasteiger partial charge is 0.341 e. The van der Waals surface area contributed by atoms with Crippen molar-refractivity contribution in [3.63, 3.8) is 0 Å². The van der Waals surface area contributed by atoms with Crippen LogP contribution >= 0.6 is 0 Å². The number of nitrogens with zero attached hydrogens (tertiary/aromatic N) is 1. The van der Waals surface area contributed by atoms with Gasteiger partial charge in [0, 0.05) is 33.8 Å². The lowest BCUT2D eigenvalue weighted by Gasteiger charge is -2.22. The zero-order chi connectivity index (χ0) is 15.9. The number of hydrogen-bond acceptors (Lipinski definition) is 5. The first-order valence-corrected chi connectivity index (χ1v) is 7.97. The zero-order valence-electron chi connectivity index (χ0n) is 12.1. The molecule has 0 aliphatic rings. The number of nitrogens with one attached hydrogen (secondary N) is 1. The van der Waals surface area contributed by atoms with Crippen molar-refractivity contribution < 1.29 is 21.9 Å². The van der Waals surface area contributed by atoms with Crippen LogP contribution in [-0.4, -0.2) is 54.6 Å². The molecule has 120 valence electrons. The van der Waals surface area contributed by atoms with Crippen LogP contribution < -0.4 is 10.2 Å². The number of hydrogen-bond donors (Lipinski definition) is 1. The van der Waals surface area contributed by atoms with E-state index in [2.05, 4.69) is 5.32 Å². The highest BCUT2D eigenvalue weighted by Crippen LogP contribution is 2.28. The van der Waals surface area contributed by atoms with Gasteiger partial charge in [0.2, 0.25) is 9.84 Å². The summed E-state index contributed by atoms with van der Waals surface area (Å²) in [5, 5.41) is 3.10. The van der Waals surface area contributed by atoms with E-state index in [0.29, 0.717) is 26.2 Å². The molecule has 0 aromatic heterocycles. The second kappa shape index (κ2) is 8.26. The fourth-order valence-electron chi connectivity index (χ4n) is 1.78. The Hall–Kier alpha value is -1.25. The van der Waals surface area contributed by atoms with Gasteiger partial charge in [0.15, 0.2) is 0 Å². The first kappa shape index (κ1) is 17.8. The van der Waals surface area contributed by atoms with Gasteiger partial charge in [-0.25, -0.2) is 8.42 Å². The summed E-state index contributed by atoms with van der Waals surface area (Å²) in [6.07, 6.45) is 0. The summed E-state index contributed by atoms with van der Waals surface area (Å²) in [5.41, 5.74) is 0.270. The van der Waals surface area contributed by atoms with E-state index in [1.165, 1.54) is 18.2 Å². The van der Waals surface area contributed by atoms with Crippen LogP contribution in [0.5, 0.6) is 0 Å². The summed E-state index contributed by atoms with van der Waals surface area (Å²) in [6, 6.07) is 5.77. The number of anilines is 1. The average molecular weight is 322 g/mol. The van der Waals surface area contributed by atoms with Gasteiger partial charge in [0.1, 0.15) is 0 Å². The maximum absolute atomic E-state index is 12.7. The van der Waals surface area contributed by atoms with Crippen LogP contribution in [0, 0.1) is 0 Å². The second-order valence-electron chi connectivity index (χ2n) is 4.44. The maximum atomic E-state index is 12.7. The molecule has 21 heavy (non-hydrogen) atoms. The van der Waals surface area contributed by atoms with Crippen molar-refractivity contribution in [2.45, 2.75) is 10.7 Å². The molecule has 1 aromatic carbocycles. The molecule has 0 amide bonds. The van der Waals surface area contributed by atoms with Crippen LogP contribution in [0.15, 0.2) is 29.2 Å². The summed E-state index contributed by atoms with van der Waals surface area (Å²) in [7, 11) is -1.35. The molecule has 0 radical (unpaired) electrons. The number of ether oxygens (including phenoxy) is 1.